The van der Waals surface area contributed by atoms with E-state index in [9.17, 15) is 14.7 Å². The molecule has 1 aromatic rings. The number of ether oxygens (including phenoxy) is 2. The van der Waals surface area contributed by atoms with Gasteiger partial charge in [0, 0.05) is 5.56 Å². The highest BCUT2D eigenvalue weighted by Crippen LogP contribution is 2.26. The summed E-state index contributed by atoms with van der Waals surface area (Å²) in [5, 5.41) is 9.72. The van der Waals surface area contributed by atoms with Gasteiger partial charge in [0.1, 0.15) is 6.10 Å². The first-order valence-electron chi connectivity index (χ1n) is 7.57. The van der Waals surface area contributed by atoms with Crippen LogP contribution in [0.15, 0.2) is 30.3 Å². The molecular formula is C17H22O5. The second kappa shape index (κ2) is 6.92. The second-order valence-electron chi connectivity index (χ2n) is 6.10. The minimum atomic E-state index is -1.67. The smallest absolute Gasteiger partial charge is 0.352 e. The zero-order valence-electron chi connectivity index (χ0n) is 13.0. The van der Waals surface area contributed by atoms with E-state index in [-0.39, 0.29) is 6.10 Å². The van der Waals surface area contributed by atoms with Crippen LogP contribution < -0.4 is 0 Å². The van der Waals surface area contributed by atoms with E-state index in [1.54, 1.807) is 30.3 Å². The molecule has 0 radical (unpaired) electrons. The number of carbonyl (C=O) groups excluding carboxylic acids is 2. The van der Waals surface area contributed by atoms with Crippen LogP contribution in [0.25, 0.3) is 0 Å². The van der Waals surface area contributed by atoms with Gasteiger partial charge in [-0.15, -0.1) is 0 Å². The van der Waals surface area contributed by atoms with Gasteiger partial charge in [0.2, 0.25) is 6.10 Å². The highest BCUT2D eigenvalue weighted by Gasteiger charge is 2.34. The molecule has 0 aliphatic heterocycles. The molecule has 22 heavy (non-hydrogen) atoms. The Labute approximate surface area is 130 Å². The van der Waals surface area contributed by atoms with Gasteiger partial charge in [-0.05, 0) is 39.5 Å². The van der Waals surface area contributed by atoms with Crippen molar-refractivity contribution < 1.29 is 24.2 Å². The molecule has 120 valence electrons. The SMILES string of the molecule is CC(C)(O)C(=O)O[C@@H](C(=O)OC1CCCC1)c1ccccc1. The van der Waals surface area contributed by atoms with Crippen molar-refractivity contribution in [1.82, 2.24) is 0 Å². The normalized spacial score (nSPS) is 17.0. The molecular weight excluding hydrogens is 284 g/mol. The first-order valence-corrected chi connectivity index (χ1v) is 7.57. The van der Waals surface area contributed by atoms with Gasteiger partial charge in [0.25, 0.3) is 0 Å². The molecule has 1 aliphatic carbocycles. The number of aliphatic hydroxyl groups is 1. The van der Waals surface area contributed by atoms with Crippen LogP contribution in [0.2, 0.25) is 0 Å². The number of hydrogen-bond acceptors (Lipinski definition) is 5. The minimum absolute atomic E-state index is 0.112. The van der Waals surface area contributed by atoms with Crippen molar-refractivity contribution in [2.75, 3.05) is 0 Å². The first kappa shape index (κ1) is 16.5. The molecule has 0 heterocycles. The Morgan fingerprint density at radius 2 is 1.77 bits per heavy atom. The van der Waals surface area contributed by atoms with Crippen molar-refractivity contribution in [2.24, 2.45) is 0 Å². The van der Waals surface area contributed by atoms with Gasteiger partial charge in [-0.3, -0.25) is 0 Å². The maximum Gasteiger partial charge on any atom is 0.352 e. The van der Waals surface area contributed by atoms with Crippen molar-refractivity contribution in [1.29, 1.82) is 0 Å². The Balaban J connectivity index is 2.14. The van der Waals surface area contributed by atoms with Gasteiger partial charge in [0.15, 0.2) is 5.60 Å². The molecule has 0 bridgehead atoms. The summed E-state index contributed by atoms with van der Waals surface area (Å²) < 4.78 is 10.7. The van der Waals surface area contributed by atoms with Crippen LogP contribution in [-0.4, -0.2) is 28.8 Å². The standard InChI is InChI=1S/C17H22O5/c1-17(2,20)16(19)22-14(12-8-4-3-5-9-12)15(18)21-13-10-6-7-11-13/h3-5,8-9,13-14,20H,6-7,10-11H2,1-2H3/t14-/m1/s1. The molecule has 0 unspecified atom stereocenters. The van der Waals surface area contributed by atoms with Gasteiger partial charge in [-0.25, -0.2) is 9.59 Å². The maximum atomic E-state index is 12.4. The Morgan fingerprint density at radius 1 is 1.18 bits per heavy atom. The molecule has 1 atom stereocenters. The van der Waals surface area contributed by atoms with E-state index in [2.05, 4.69) is 0 Å². The lowest BCUT2D eigenvalue weighted by Crippen LogP contribution is -2.36. The lowest BCUT2D eigenvalue weighted by atomic mass is 10.1. The van der Waals surface area contributed by atoms with Crippen LogP contribution in [0.5, 0.6) is 0 Å². The summed E-state index contributed by atoms with van der Waals surface area (Å²) >= 11 is 0. The maximum absolute atomic E-state index is 12.4. The van der Waals surface area contributed by atoms with Crippen LogP contribution in [0.1, 0.15) is 51.2 Å². The fraction of sp³-hybridized carbons (Fsp3) is 0.529. The van der Waals surface area contributed by atoms with Gasteiger partial charge < -0.3 is 14.6 Å². The Bertz CT molecular complexity index is 512. The third-order valence-electron chi connectivity index (χ3n) is 3.63. The molecule has 1 aromatic carbocycles. The fourth-order valence-electron chi connectivity index (χ4n) is 2.36. The lowest BCUT2D eigenvalue weighted by molar-refractivity contribution is -0.181. The summed E-state index contributed by atoms with van der Waals surface area (Å²) in [6, 6.07) is 8.70. The number of esters is 2. The molecule has 5 nitrogen and oxygen atoms in total. The highest BCUT2D eigenvalue weighted by molar-refractivity contribution is 5.84. The van der Waals surface area contributed by atoms with Gasteiger partial charge in [-0.1, -0.05) is 30.3 Å². The molecule has 1 aliphatic rings. The van der Waals surface area contributed by atoms with Crippen LogP contribution in [0.3, 0.4) is 0 Å². The molecule has 1 N–H and O–H groups in total. The monoisotopic (exact) mass is 306 g/mol. The Kier molecular flexibility index (Phi) is 5.19. The molecule has 0 spiro atoms. The summed E-state index contributed by atoms with van der Waals surface area (Å²) in [6.07, 6.45) is 2.49. The molecule has 1 fully saturated rings. The van der Waals surface area contributed by atoms with Gasteiger partial charge in [0.05, 0.1) is 0 Å². The quantitative estimate of drug-likeness (QED) is 0.846. The third kappa shape index (κ3) is 4.31. The first-order chi connectivity index (χ1) is 10.4. The predicted octanol–water partition coefficient (Wildman–Crippen LogP) is 2.53. The van der Waals surface area contributed by atoms with E-state index in [4.69, 9.17) is 9.47 Å². The van der Waals surface area contributed by atoms with Crippen molar-refractivity contribution >= 4 is 11.9 Å². The lowest BCUT2D eigenvalue weighted by Gasteiger charge is -2.23. The number of rotatable bonds is 5. The van der Waals surface area contributed by atoms with Crippen molar-refractivity contribution in [3.05, 3.63) is 35.9 Å². The average Bonchev–Trinajstić information content (AvgIpc) is 2.97. The summed E-state index contributed by atoms with van der Waals surface area (Å²) in [4.78, 5) is 24.3. The Morgan fingerprint density at radius 3 is 2.32 bits per heavy atom. The van der Waals surface area contributed by atoms with E-state index in [0.717, 1.165) is 25.7 Å². The summed E-state index contributed by atoms with van der Waals surface area (Å²) in [5.41, 5.74) is -1.14. The van der Waals surface area contributed by atoms with E-state index in [1.807, 2.05) is 0 Å². The van der Waals surface area contributed by atoms with E-state index < -0.39 is 23.6 Å². The highest BCUT2D eigenvalue weighted by atomic mass is 16.6. The largest absolute Gasteiger partial charge is 0.459 e. The number of hydrogen-bond donors (Lipinski definition) is 1. The minimum Gasteiger partial charge on any atom is -0.459 e. The predicted molar refractivity (Wildman–Crippen MR) is 79.9 cm³/mol. The third-order valence-corrected chi connectivity index (χ3v) is 3.63. The summed E-state index contributed by atoms with van der Waals surface area (Å²) in [5.74, 6) is -1.44. The van der Waals surface area contributed by atoms with Gasteiger partial charge in [-0.2, -0.15) is 0 Å². The fourth-order valence-corrected chi connectivity index (χ4v) is 2.36. The van der Waals surface area contributed by atoms with Crippen LogP contribution in [0, 0.1) is 0 Å². The molecule has 0 amide bonds. The molecule has 2 rings (SSSR count). The van der Waals surface area contributed by atoms with Crippen LogP contribution in [-0.2, 0) is 19.1 Å². The second-order valence-corrected chi connectivity index (χ2v) is 6.10. The average molecular weight is 306 g/mol. The van der Waals surface area contributed by atoms with Crippen molar-refractivity contribution in [3.63, 3.8) is 0 Å². The summed E-state index contributed by atoms with van der Waals surface area (Å²) in [6.45, 7) is 2.64. The van der Waals surface area contributed by atoms with Crippen LogP contribution in [0.4, 0.5) is 0 Å². The number of benzene rings is 1. The van der Waals surface area contributed by atoms with Crippen LogP contribution >= 0.6 is 0 Å². The van der Waals surface area contributed by atoms with E-state index >= 15 is 0 Å². The molecule has 0 aromatic heterocycles. The number of carbonyl (C=O) groups is 2. The van der Waals surface area contributed by atoms with Gasteiger partial charge >= 0.3 is 11.9 Å². The topological polar surface area (TPSA) is 72.8 Å². The molecule has 1 saturated carbocycles. The summed E-state index contributed by atoms with van der Waals surface area (Å²) in [7, 11) is 0. The van der Waals surface area contributed by atoms with Crippen molar-refractivity contribution in [3.8, 4) is 0 Å². The van der Waals surface area contributed by atoms with E-state index in [0.29, 0.717) is 5.56 Å². The Hall–Kier alpha value is -1.88. The van der Waals surface area contributed by atoms with E-state index in [1.165, 1.54) is 13.8 Å². The zero-order valence-corrected chi connectivity index (χ0v) is 13.0. The zero-order chi connectivity index (χ0) is 16.2. The molecule has 5 heteroatoms. The molecule has 0 saturated heterocycles. The van der Waals surface area contributed by atoms with Crippen molar-refractivity contribution in [2.45, 2.75) is 57.3 Å².